The van der Waals surface area contributed by atoms with Crippen molar-refractivity contribution in [2.75, 3.05) is 5.32 Å². The highest BCUT2D eigenvalue weighted by atomic mass is 16.6. The fourth-order valence-corrected chi connectivity index (χ4v) is 2.38. The van der Waals surface area contributed by atoms with Gasteiger partial charge in [0.15, 0.2) is 0 Å². The number of carbonyl (C=O) groups is 2. The molecular formula is C17H16N4O5. The molecule has 2 aromatic rings. The second-order valence-corrected chi connectivity index (χ2v) is 5.95. The van der Waals surface area contributed by atoms with E-state index in [0.717, 1.165) is 35.7 Å². The molecule has 1 aromatic heterocycles. The van der Waals surface area contributed by atoms with Gasteiger partial charge < -0.3 is 10.6 Å². The molecule has 0 spiro atoms. The first kappa shape index (κ1) is 17.3. The minimum absolute atomic E-state index is 0.176. The van der Waals surface area contributed by atoms with E-state index >= 15 is 0 Å². The molecule has 26 heavy (non-hydrogen) atoms. The summed E-state index contributed by atoms with van der Waals surface area (Å²) in [6, 6.07) is 8.81. The lowest BCUT2D eigenvalue weighted by atomic mass is 10.1. The molecule has 134 valence electrons. The number of rotatable bonds is 6. The van der Waals surface area contributed by atoms with Crippen LogP contribution in [0.2, 0.25) is 0 Å². The van der Waals surface area contributed by atoms with Gasteiger partial charge in [0.1, 0.15) is 6.54 Å². The normalized spacial score (nSPS) is 13.1. The molecule has 0 aliphatic heterocycles. The second kappa shape index (κ2) is 7.18. The number of carbonyl (C=O) groups excluding carboxylic acids is 2. The monoisotopic (exact) mass is 356 g/mol. The first-order chi connectivity index (χ1) is 12.4. The van der Waals surface area contributed by atoms with Crippen molar-refractivity contribution in [2.45, 2.75) is 25.4 Å². The lowest BCUT2D eigenvalue weighted by molar-refractivity contribution is -0.385. The Hall–Kier alpha value is -3.49. The zero-order valence-corrected chi connectivity index (χ0v) is 13.7. The largest absolute Gasteiger partial charge is 0.349 e. The molecule has 9 nitrogen and oxygen atoms in total. The van der Waals surface area contributed by atoms with E-state index in [-0.39, 0.29) is 17.6 Å². The average Bonchev–Trinajstić information content (AvgIpc) is 3.41. The van der Waals surface area contributed by atoms with Gasteiger partial charge in [-0.1, -0.05) is 12.1 Å². The van der Waals surface area contributed by atoms with Crippen LogP contribution in [0.4, 0.5) is 11.4 Å². The summed E-state index contributed by atoms with van der Waals surface area (Å²) in [6.07, 6.45) is 2.89. The molecule has 0 bridgehead atoms. The van der Waals surface area contributed by atoms with Gasteiger partial charge >= 0.3 is 0 Å². The van der Waals surface area contributed by atoms with Gasteiger partial charge in [0.05, 0.1) is 22.4 Å². The molecule has 0 saturated heterocycles. The zero-order valence-electron chi connectivity index (χ0n) is 13.7. The minimum atomic E-state index is -0.647. The Morgan fingerprint density at radius 2 is 1.92 bits per heavy atom. The van der Waals surface area contributed by atoms with Gasteiger partial charge in [-0.05, 0) is 25.0 Å². The Labute approximate surface area is 147 Å². The van der Waals surface area contributed by atoms with Crippen molar-refractivity contribution in [2.24, 2.45) is 0 Å². The Balaban J connectivity index is 1.74. The van der Waals surface area contributed by atoms with Crippen LogP contribution in [0.3, 0.4) is 0 Å². The summed E-state index contributed by atoms with van der Waals surface area (Å²) >= 11 is 0. The maximum atomic E-state index is 12.3. The van der Waals surface area contributed by atoms with Crippen LogP contribution in [0.25, 0.3) is 0 Å². The van der Waals surface area contributed by atoms with Gasteiger partial charge in [-0.2, -0.15) is 0 Å². The molecule has 3 rings (SSSR count). The number of benzene rings is 1. The first-order valence-corrected chi connectivity index (χ1v) is 7.98. The first-order valence-electron chi connectivity index (χ1n) is 7.98. The molecule has 1 aliphatic rings. The summed E-state index contributed by atoms with van der Waals surface area (Å²) in [4.78, 5) is 46.4. The van der Waals surface area contributed by atoms with E-state index in [2.05, 4.69) is 10.6 Å². The van der Waals surface area contributed by atoms with E-state index < -0.39 is 22.9 Å². The fraction of sp³-hybridized carbons (Fsp3) is 0.235. The van der Waals surface area contributed by atoms with E-state index in [0.29, 0.717) is 11.3 Å². The quantitative estimate of drug-likeness (QED) is 0.596. The number of nitro groups is 1. The molecule has 2 N–H and O–H groups in total. The van der Waals surface area contributed by atoms with Crippen molar-refractivity contribution in [3.8, 4) is 0 Å². The van der Waals surface area contributed by atoms with Crippen LogP contribution >= 0.6 is 0 Å². The van der Waals surface area contributed by atoms with E-state index in [1.54, 1.807) is 24.3 Å². The highest BCUT2D eigenvalue weighted by Gasteiger charge is 2.25. The molecule has 1 aliphatic carbocycles. The van der Waals surface area contributed by atoms with Crippen LogP contribution in [0.1, 0.15) is 23.2 Å². The predicted octanol–water partition coefficient (Wildman–Crippen LogP) is 1.29. The van der Waals surface area contributed by atoms with Gasteiger partial charge in [-0.3, -0.25) is 29.1 Å². The van der Waals surface area contributed by atoms with E-state index in [9.17, 15) is 24.5 Å². The number of nitrogens with one attached hydrogen (secondary N) is 2. The Morgan fingerprint density at radius 1 is 1.19 bits per heavy atom. The smallest absolute Gasteiger partial charge is 0.285 e. The number of anilines is 1. The van der Waals surface area contributed by atoms with Crippen LogP contribution in [-0.2, 0) is 11.3 Å². The summed E-state index contributed by atoms with van der Waals surface area (Å²) in [5.41, 5.74) is -0.194. The van der Waals surface area contributed by atoms with E-state index in [1.807, 2.05) is 0 Å². The lowest BCUT2D eigenvalue weighted by Crippen LogP contribution is -2.29. The molecule has 0 radical (unpaired) electrons. The number of para-hydroxylation sites is 1. The lowest BCUT2D eigenvalue weighted by Gasteiger charge is -2.11. The van der Waals surface area contributed by atoms with Crippen LogP contribution < -0.4 is 16.2 Å². The summed E-state index contributed by atoms with van der Waals surface area (Å²) in [5, 5.41) is 16.2. The number of pyridine rings is 1. The minimum Gasteiger partial charge on any atom is -0.349 e. The Bertz CT molecular complexity index is 933. The topological polar surface area (TPSA) is 123 Å². The Morgan fingerprint density at radius 3 is 2.62 bits per heavy atom. The van der Waals surface area contributed by atoms with Crippen molar-refractivity contribution in [3.05, 3.63) is 68.6 Å². The molecule has 2 amide bonds. The van der Waals surface area contributed by atoms with Crippen LogP contribution in [0.5, 0.6) is 0 Å². The number of hydrogen-bond acceptors (Lipinski definition) is 5. The van der Waals surface area contributed by atoms with Crippen LogP contribution in [0.15, 0.2) is 47.4 Å². The molecular weight excluding hydrogens is 340 g/mol. The highest BCUT2D eigenvalue weighted by molar-refractivity contribution is 6.03. The molecule has 0 atom stereocenters. The highest BCUT2D eigenvalue weighted by Crippen LogP contribution is 2.21. The molecule has 9 heteroatoms. The third-order valence-corrected chi connectivity index (χ3v) is 3.85. The number of nitrogens with zero attached hydrogens (tertiary/aromatic N) is 2. The molecule has 1 fully saturated rings. The average molecular weight is 356 g/mol. The van der Waals surface area contributed by atoms with Gasteiger partial charge in [0.2, 0.25) is 5.91 Å². The third kappa shape index (κ3) is 4.12. The standard InChI is InChI=1S/C17H16N4O5/c22-15(10-20-9-12(21(25)26)7-8-16(20)23)19-14-4-2-1-3-13(14)17(24)18-11-5-6-11/h1-4,7-9,11H,5-6,10H2,(H,18,24)(H,19,22). The van der Waals surface area contributed by atoms with Gasteiger partial charge in [-0.25, -0.2) is 0 Å². The third-order valence-electron chi connectivity index (χ3n) is 3.85. The zero-order chi connectivity index (χ0) is 18.7. The van der Waals surface area contributed by atoms with Crippen LogP contribution in [-0.4, -0.2) is 27.3 Å². The van der Waals surface area contributed by atoms with Crippen molar-refractivity contribution in [1.29, 1.82) is 0 Å². The second-order valence-electron chi connectivity index (χ2n) is 5.95. The van der Waals surface area contributed by atoms with Gasteiger partial charge in [0, 0.05) is 18.2 Å². The summed E-state index contributed by atoms with van der Waals surface area (Å²) in [5.74, 6) is -0.852. The number of amides is 2. The summed E-state index contributed by atoms with van der Waals surface area (Å²) in [7, 11) is 0. The van der Waals surface area contributed by atoms with Crippen molar-refractivity contribution in [3.63, 3.8) is 0 Å². The molecule has 1 aromatic carbocycles. The molecule has 1 heterocycles. The van der Waals surface area contributed by atoms with E-state index in [4.69, 9.17) is 0 Å². The summed E-state index contributed by atoms with van der Waals surface area (Å²) in [6.45, 7) is -0.404. The fourth-order valence-electron chi connectivity index (χ4n) is 2.38. The SMILES string of the molecule is O=C(Cn1cc([N+](=O)[O-])ccc1=O)Nc1ccccc1C(=O)NC1CC1. The number of hydrogen-bond donors (Lipinski definition) is 2. The maximum Gasteiger partial charge on any atom is 0.285 e. The van der Waals surface area contributed by atoms with Gasteiger partial charge in [0.25, 0.3) is 17.2 Å². The van der Waals surface area contributed by atoms with Crippen molar-refractivity contribution >= 4 is 23.2 Å². The molecule has 0 unspecified atom stereocenters. The predicted molar refractivity (Wildman–Crippen MR) is 92.9 cm³/mol. The van der Waals surface area contributed by atoms with Crippen molar-refractivity contribution < 1.29 is 14.5 Å². The maximum absolute atomic E-state index is 12.3. The van der Waals surface area contributed by atoms with Gasteiger partial charge in [-0.15, -0.1) is 0 Å². The van der Waals surface area contributed by atoms with Crippen molar-refractivity contribution in [1.82, 2.24) is 9.88 Å². The van der Waals surface area contributed by atoms with E-state index in [1.165, 1.54) is 0 Å². The number of aromatic nitrogens is 1. The summed E-state index contributed by atoms with van der Waals surface area (Å²) < 4.78 is 0.945. The van der Waals surface area contributed by atoms with Crippen LogP contribution in [0, 0.1) is 10.1 Å². The molecule has 1 saturated carbocycles. The Kier molecular flexibility index (Phi) is 4.78.